The molecule has 2 aromatic rings. The number of pyridine rings is 1. The Bertz CT molecular complexity index is 635. The van der Waals surface area contributed by atoms with Crippen molar-refractivity contribution in [3.63, 3.8) is 0 Å². The fourth-order valence-corrected chi connectivity index (χ4v) is 4.37. The minimum Gasteiger partial charge on any atom is -0.491 e. The number of quaternary nitrogens is 1. The third-order valence-corrected chi connectivity index (χ3v) is 5.48. The summed E-state index contributed by atoms with van der Waals surface area (Å²) in [6, 6.07) is 11.1. The molecule has 3 nitrogen and oxygen atoms in total. The second-order valence-electron chi connectivity index (χ2n) is 6.81. The van der Waals surface area contributed by atoms with Gasteiger partial charge in [-0.2, -0.15) is 0 Å². The van der Waals surface area contributed by atoms with E-state index in [1.807, 2.05) is 17.2 Å². The number of aromatic nitrogens is 1. The van der Waals surface area contributed by atoms with E-state index in [0.29, 0.717) is 5.92 Å². The molecule has 0 radical (unpaired) electrons. The van der Waals surface area contributed by atoms with E-state index in [-0.39, 0.29) is 0 Å². The Hall–Kier alpha value is -1.61. The van der Waals surface area contributed by atoms with Gasteiger partial charge in [0.15, 0.2) is 0 Å². The average Bonchev–Trinajstić information content (AvgIpc) is 2.60. The predicted molar refractivity (Wildman–Crippen MR) is 88.3 cm³/mol. The summed E-state index contributed by atoms with van der Waals surface area (Å²) in [4.78, 5) is 6.33. The molecule has 2 aliphatic rings. The first-order valence-corrected chi connectivity index (χ1v) is 8.73. The summed E-state index contributed by atoms with van der Waals surface area (Å²) in [5.74, 6) is 1.66. The number of nitrogens with zero attached hydrogens (tertiary/aromatic N) is 1. The highest BCUT2D eigenvalue weighted by Gasteiger charge is 2.36. The van der Waals surface area contributed by atoms with Gasteiger partial charge in [0.2, 0.25) is 0 Å². The number of piperidine rings is 2. The van der Waals surface area contributed by atoms with Crippen molar-refractivity contribution >= 4 is 10.9 Å². The molecule has 4 rings (SSSR count). The van der Waals surface area contributed by atoms with Crippen molar-refractivity contribution in [2.24, 2.45) is 5.92 Å². The lowest BCUT2D eigenvalue weighted by molar-refractivity contribution is -0.940. The lowest BCUT2D eigenvalue weighted by Gasteiger charge is -2.41. The molecular formula is C19H25N2O+. The quantitative estimate of drug-likeness (QED) is 0.942. The van der Waals surface area contributed by atoms with Crippen LogP contribution in [0.1, 0.15) is 32.1 Å². The molecular weight excluding hydrogens is 272 g/mol. The molecule has 0 spiro atoms. The smallest absolute Gasteiger partial charge is 0.145 e. The van der Waals surface area contributed by atoms with Crippen molar-refractivity contribution in [2.75, 3.05) is 19.7 Å². The van der Waals surface area contributed by atoms with Crippen molar-refractivity contribution in [1.29, 1.82) is 0 Å². The van der Waals surface area contributed by atoms with Gasteiger partial charge in [0.05, 0.1) is 25.7 Å². The molecule has 1 aromatic heterocycles. The minimum absolute atomic E-state index is 0.711. The number of para-hydroxylation sites is 1. The van der Waals surface area contributed by atoms with Gasteiger partial charge in [0, 0.05) is 17.5 Å². The SMILES string of the molecule is c1cnc2c(OC[C@@H]3CCC[NH+]4CCCC[C@@H]34)cccc2c1. The topological polar surface area (TPSA) is 26.6 Å². The van der Waals surface area contributed by atoms with Crippen LogP contribution >= 0.6 is 0 Å². The number of hydrogen-bond donors (Lipinski definition) is 1. The van der Waals surface area contributed by atoms with Crippen LogP contribution in [0.15, 0.2) is 36.5 Å². The third-order valence-electron chi connectivity index (χ3n) is 5.48. The summed E-state index contributed by atoms with van der Waals surface area (Å²) in [5, 5.41) is 1.16. The highest BCUT2D eigenvalue weighted by molar-refractivity contribution is 5.84. The van der Waals surface area contributed by atoms with Gasteiger partial charge in [-0.3, -0.25) is 4.98 Å². The molecule has 3 atom stereocenters. The standard InChI is InChI=1S/C19H24N2O/c1-2-12-21-13-5-8-16(17(21)9-1)14-22-18-10-3-6-15-7-4-11-20-19(15)18/h3-4,6-7,10-11,16-17H,1-2,5,8-9,12-14H2/p+1/t16-,17-/m0/s1. The van der Waals surface area contributed by atoms with Gasteiger partial charge in [-0.25, -0.2) is 0 Å². The molecule has 3 heterocycles. The van der Waals surface area contributed by atoms with Crippen LogP contribution < -0.4 is 9.64 Å². The fraction of sp³-hybridized carbons (Fsp3) is 0.526. The summed E-state index contributed by atoms with van der Waals surface area (Å²) in [6.45, 7) is 3.60. The predicted octanol–water partition coefficient (Wildman–Crippen LogP) is 2.46. The molecule has 3 heteroatoms. The molecule has 2 saturated heterocycles. The highest BCUT2D eigenvalue weighted by atomic mass is 16.5. The molecule has 1 unspecified atom stereocenters. The summed E-state index contributed by atoms with van der Waals surface area (Å²) in [6.07, 6.45) is 8.73. The normalized spacial score (nSPS) is 28.3. The number of ether oxygens (including phenoxy) is 1. The van der Waals surface area contributed by atoms with Gasteiger partial charge in [-0.1, -0.05) is 18.2 Å². The Morgan fingerprint density at radius 2 is 1.95 bits per heavy atom. The van der Waals surface area contributed by atoms with Crippen molar-refractivity contribution < 1.29 is 9.64 Å². The van der Waals surface area contributed by atoms with Gasteiger partial charge in [0.1, 0.15) is 11.3 Å². The lowest BCUT2D eigenvalue weighted by Crippen LogP contribution is -3.18. The minimum atomic E-state index is 0.711. The van der Waals surface area contributed by atoms with E-state index < -0.39 is 0 Å². The Labute approximate surface area is 132 Å². The van der Waals surface area contributed by atoms with E-state index >= 15 is 0 Å². The fourth-order valence-electron chi connectivity index (χ4n) is 4.37. The molecule has 22 heavy (non-hydrogen) atoms. The van der Waals surface area contributed by atoms with E-state index in [2.05, 4.69) is 29.2 Å². The lowest BCUT2D eigenvalue weighted by atomic mass is 9.84. The van der Waals surface area contributed by atoms with Crippen LogP contribution in [-0.2, 0) is 0 Å². The van der Waals surface area contributed by atoms with Gasteiger partial charge in [-0.05, 0) is 44.2 Å². The van der Waals surface area contributed by atoms with Gasteiger partial charge >= 0.3 is 0 Å². The summed E-state index contributed by atoms with van der Waals surface area (Å²) >= 11 is 0. The first kappa shape index (κ1) is 14.0. The summed E-state index contributed by atoms with van der Waals surface area (Å²) < 4.78 is 6.23. The van der Waals surface area contributed by atoms with Crippen molar-refractivity contribution in [3.8, 4) is 5.75 Å². The van der Waals surface area contributed by atoms with Crippen LogP contribution in [0.3, 0.4) is 0 Å². The molecule has 1 aromatic carbocycles. The molecule has 0 saturated carbocycles. The number of rotatable bonds is 3. The Balaban J connectivity index is 1.49. The molecule has 1 N–H and O–H groups in total. The molecule has 0 aliphatic carbocycles. The third kappa shape index (κ3) is 2.70. The van der Waals surface area contributed by atoms with E-state index in [0.717, 1.165) is 29.3 Å². The summed E-state index contributed by atoms with van der Waals surface area (Å²) in [7, 11) is 0. The maximum absolute atomic E-state index is 6.23. The molecule has 116 valence electrons. The van der Waals surface area contributed by atoms with Gasteiger partial charge in [0.25, 0.3) is 0 Å². The Morgan fingerprint density at radius 3 is 2.95 bits per heavy atom. The van der Waals surface area contributed by atoms with Crippen LogP contribution in [0.25, 0.3) is 10.9 Å². The number of fused-ring (bicyclic) bond motifs is 2. The molecule has 0 bridgehead atoms. The van der Waals surface area contributed by atoms with Gasteiger partial charge in [-0.15, -0.1) is 0 Å². The van der Waals surface area contributed by atoms with E-state index in [4.69, 9.17) is 4.74 Å². The van der Waals surface area contributed by atoms with Crippen LogP contribution in [0.5, 0.6) is 5.75 Å². The maximum Gasteiger partial charge on any atom is 0.145 e. The number of benzene rings is 1. The van der Waals surface area contributed by atoms with Gasteiger partial charge < -0.3 is 9.64 Å². The largest absolute Gasteiger partial charge is 0.491 e. The summed E-state index contributed by atoms with van der Waals surface area (Å²) in [5.41, 5.74) is 0.994. The second-order valence-corrected chi connectivity index (χ2v) is 6.81. The number of hydrogen-bond acceptors (Lipinski definition) is 2. The maximum atomic E-state index is 6.23. The molecule has 2 fully saturated rings. The average molecular weight is 297 g/mol. The number of nitrogens with one attached hydrogen (secondary N) is 1. The van der Waals surface area contributed by atoms with Crippen molar-refractivity contribution in [3.05, 3.63) is 36.5 Å². The monoisotopic (exact) mass is 297 g/mol. The van der Waals surface area contributed by atoms with Crippen LogP contribution in [-0.4, -0.2) is 30.7 Å². The van der Waals surface area contributed by atoms with Crippen molar-refractivity contribution in [1.82, 2.24) is 4.98 Å². The Morgan fingerprint density at radius 1 is 1.05 bits per heavy atom. The van der Waals surface area contributed by atoms with E-state index in [9.17, 15) is 0 Å². The molecule has 2 aliphatic heterocycles. The zero-order valence-electron chi connectivity index (χ0n) is 13.1. The van der Waals surface area contributed by atoms with Crippen molar-refractivity contribution in [2.45, 2.75) is 38.1 Å². The van der Waals surface area contributed by atoms with E-state index in [1.54, 1.807) is 0 Å². The van der Waals surface area contributed by atoms with E-state index in [1.165, 1.54) is 45.2 Å². The molecule has 0 amide bonds. The zero-order valence-corrected chi connectivity index (χ0v) is 13.1. The zero-order chi connectivity index (χ0) is 14.8. The van der Waals surface area contributed by atoms with Crippen LogP contribution in [0.4, 0.5) is 0 Å². The first-order valence-electron chi connectivity index (χ1n) is 8.73. The second kappa shape index (κ2) is 6.25. The first-order chi connectivity index (χ1) is 10.9. The highest BCUT2D eigenvalue weighted by Crippen LogP contribution is 2.26. The van der Waals surface area contributed by atoms with Crippen LogP contribution in [0, 0.1) is 5.92 Å². The van der Waals surface area contributed by atoms with Crippen LogP contribution in [0.2, 0.25) is 0 Å². The Kier molecular flexibility index (Phi) is 3.98.